The van der Waals surface area contributed by atoms with Crippen molar-refractivity contribution >= 4 is 34.6 Å². The normalized spacial score (nSPS) is 17.5. The Hall–Kier alpha value is -3.44. The SMILES string of the molecule is COc1ccc2c(n1)C1=C(CCc3cccc(c3)C[C@@H](C(=O)N(C)c3ccc(Cl)cc3)CC(=O)C1)C2. The number of halogens is 1. The van der Waals surface area contributed by atoms with Gasteiger partial charge in [0.05, 0.1) is 12.8 Å². The standard InChI is InChI=1S/C30H29ClN2O3/c1-33(25-11-9-24(31)10-12-25)30(35)23-15-20-5-3-4-19(14-20)6-7-21-16-22-8-13-28(36-2)32-29(22)27(21)18-26(34)17-23/h3-5,8-14,23H,6-7,15-18H2,1-2H3/t23-/m1/s1. The number of ketones is 1. The molecule has 2 aliphatic rings. The topological polar surface area (TPSA) is 59.5 Å². The molecule has 5 rings (SSSR count). The molecule has 1 aromatic heterocycles. The number of amides is 1. The van der Waals surface area contributed by atoms with Gasteiger partial charge in [0, 0.05) is 42.6 Å². The largest absolute Gasteiger partial charge is 0.481 e. The summed E-state index contributed by atoms with van der Waals surface area (Å²) in [6.45, 7) is 0. The number of methoxy groups -OCH3 is 1. The predicted molar refractivity (Wildman–Crippen MR) is 142 cm³/mol. The molecule has 0 aliphatic heterocycles. The molecule has 0 fully saturated rings. The fourth-order valence-corrected chi connectivity index (χ4v) is 5.41. The number of rotatable bonds is 3. The van der Waals surface area contributed by atoms with Crippen molar-refractivity contribution in [2.75, 3.05) is 19.1 Å². The lowest BCUT2D eigenvalue weighted by molar-refractivity contribution is -0.127. The van der Waals surface area contributed by atoms with Gasteiger partial charge in [-0.2, -0.15) is 0 Å². The maximum absolute atomic E-state index is 13.7. The molecule has 6 heteroatoms. The number of ether oxygens (including phenoxy) is 1. The van der Waals surface area contributed by atoms with Crippen LogP contribution in [0, 0.1) is 5.92 Å². The van der Waals surface area contributed by atoms with Gasteiger partial charge in [-0.25, -0.2) is 4.98 Å². The predicted octanol–water partition coefficient (Wildman–Crippen LogP) is 5.87. The molecule has 0 N–H and O–H groups in total. The summed E-state index contributed by atoms with van der Waals surface area (Å²) in [5.74, 6) is 0.0657. The van der Waals surface area contributed by atoms with E-state index in [1.165, 1.54) is 11.1 Å². The summed E-state index contributed by atoms with van der Waals surface area (Å²) >= 11 is 6.04. The van der Waals surface area contributed by atoms with Crippen LogP contribution in [0.2, 0.25) is 5.02 Å². The van der Waals surface area contributed by atoms with E-state index in [-0.39, 0.29) is 24.5 Å². The first-order valence-corrected chi connectivity index (χ1v) is 12.7. The fourth-order valence-electron chi connectivity index (χ4n) is 5.29. The van der Waals surface area contributed by atoms with Gasteiger partial charge >= 0.3 is 0 Å². The molecule has 0 unspecified atom stereocenters. The average molecular weight is 501 g/mol. The molecule has 0 spiro atoms. The maximum Gasteiger partial charge on any atom is 0.230 e. The highest BCUT2D eigenvalue weighted by atomic mass is 35.5. The minimum atomic E-state index is -0.462. The zero-order chi connectivity index (χ0) is 25.2. The van der Waals surface area contributed by atoms with Crippen LogP contribution in [-0.4, -0.2) is 30.8 Å². The van der Waals surface area contributed by atoms with Gasteiger partial charge in [0.1, 0.15) is 5.78 Å². The summed E-state index contributed by atoms with van der Waals surface area (Å²) in [5.41, 5.74) is 7.33. The monoisotopic (exact) mass is 500 g/mol. The van der Waals surface area contributed by atoms with Gasteiger partial charge in [-0.1, -0.05) is 47.5 Å². The number of hydrogen-bond acceptors (Lipinski definition) is 4. The molecule has 184 valence electrons. The first-order chi connectivity index (χ1) is 17.4. The number of Topliss-reactive ketones (excluding diaryl/α,β-unsaturated/α-hetero) is 1. The zero-order valence-corrected chi connectivity index (χ0v) is 21.3. The molecule has 3 aromatic rings. The molecule has 0 radical (unpaired) electrons. The van der Waals surface area contributed by atoms with Gasteiger partial charge in [-0.15, -0.1) is 0 Å². The first-order valence-electron chi connectivity index (χ1n) is 12.3. The number of anilines is 1. The minimum absolute atomic E-state index is 0.0551. The summed E-state index contributed by atoms with van der Waals surface area (Å²) in [6.07, 6.45) is 3.55. The molecule has 2 aliphatic carbocycles. The summed E-state index contributed by atoms with van der Waals surface area (Å²) in [7, 11) is 3.36. The number of aromatic nitrogens is 1. The maximum atomic E-state index is 13.7. The lowest BCUT2D eigenvalue weighted by atomic mass is 9.88. The van der Waals surface area contributed by atoms with Crippen LogP contribution in [-0.2, 0) is 28.9 Å². The highest BCUT2D eigenvalue weighted by molar-refractivity contribution is 6.30. The second-order valence-corrected chi connectivity index (χ2v) is 10.1. The molecule has 0 saturated heterocycles. The lowest BCUT2D eigenvalue weighted by Crippen LogP contribution is -2.35. The van der Waals surface area contributed by atoms with Crippen molar-refractivity contribution in [3.63, 3.8) is 0 Å². The second kappa shape index (κ2) is 10.3. The van der Waals surface area contributed by atoms with Crippen LogP contribution in [0.3, 0.4) is 0 Å². The first kappa shape index (κ1) is 24.3. The highest BCUT2D eigenvalue weighted by Crippen LogP contribution is 2.38. The molecule has 2 bridgehead atoms. The number of fused-ring (bicyclic) bond motifs is 4. The van der Waals surface area contributed by atoms with E-state index in [1.807, 2.05) is 30.3 Å². The van der Waals surface area contributed by atoms with E-state index in [9.17, 15) is 9.59 Å². The number of carbonyl (C=O) groups excluding carboxylic acids is 2. The Labute approximate surface area is 216 Å². The summed E-state index contributed by atoms with van der Waals surface area (Å²) in [6, 6.07) is 19.5. The van der Waals surface area contributed by atoms with Crippen molar-refractivity contribution in [2.24, 2.45) is 5.92 Å². The van der Waals surface area contributed by atoms with Gasteiger partial charge in [0.2, 0.25) is 11.8 Å². The van der Waals surface area contributed by atoms with E-state index in [4.69, 9.17) is 21.3 Å². The third-order valence-corrected chi connectivity index (χ3v) is 7.46. The highest BCUT2D eigenvalue weighted by Gasteiger charge is 2.30. The molecule has 0 saturated carbocycles. The number of benzene rings is 2. The Morgan fingerprint density at radius 1 is 1.00 bits per heavy atom. The zero-order valence-electron chi connectivity index (χ0n) is 20.6. The molecular formula is C30H29ClN2O3. The molecule has 1 amide bonds. The Bertz CT molecular complexity index is 1350. The molecule has 2 aromatic carbocycles. The molecular weight excluding hydrogens is 472 g/mol. The molecule has 5 nitrogen and oxygen atoms in total. The Balaban J connectivity index is 1.48. The van der Waals surface area contributed by atoms with Crippen molar-refractivity contribution in [1.82, 2.24) is 4.98 Å². The fraction of sp³-hybridized carbons (Fsp3) is 0.300. The van der Waals surface area contributed by atoms with Crippen LogP contribution >= 0.6 is 11.6 Å². The van der Waals surface area contributed by atoms with Gasteiger partial charge in [0.25, 0.3) is 0 Å². The number of pyridine rings is 1. The van der Waals surface area contributed by atoms with E-state index in [1.54, 1.807) is 31.2 Å². The van der Waals surface area contributed by atoms with Crippen molar-refractivity contribution < 1.29 is 14.3 Å². The molecule has 36 heavy (non-hydrogen) atoms. The van der Waals surface area contributed by atoms with Crippen LogP contribution in [0.4, 0.5) is 5.69 Å². The number of hydrogen-bond donors (Lipinski definition) is 0. The minimum Gasteiger partial charge on any atom is -0.481 e. The van der Waals surface area contributed by atoms with Gasteiger partial charge < -0.3 is 9.64 Å². The van der Waals surface area contributed by atoms with E-state index in [0.29, 0.717) is 17.3 Å². The summed E-state index contributed by atoms with van der Waals surface area (Å²) in [4.78, 5) is 33.4. The van der Waals surface area contributed by atoms with Gasteiger partial charge in [0.15, 0.2) is 0 Å². The van der Waals surface area contributed by atoms with Crippen molar-refractivity contribution in [2.45, 2.75) is 38.5 Å². The Kier molecular flexibility index (Phi) is 6.92. The smallest absolute Gasteiger partial charge is 0.230 e. The Morgan fingerprint density at radius 2 is 1.78 bits per heavy atom. The van der Waals surface area contributed by atoms with Gasteiger partial charge in [-0.05, 0) is 72.2 Å². The van der Waals surface area contributed by atoms with Crippen LogP contribution in [0.15, 0.2) is 66.2 Å². The third-order valence-electron chi connectivity index (χ3n) is 7.21. The quantitative estimate of drug-likeness (QED) is 0.451. The van der Waals surface area contributed by atoms with E-state index < -0.39 is 5.92 Å². The van der Waals surface area contributed by atoms with E-state index in [2.05, 4.69) is 18.2 Å². The van der Waals surface area contributed by atoms with E-state index in [0.717, 1.165) is 47.3 Å². The van der Waals surface area contributed by atoms with Gasteiger partial charge in [-0.3, -0.25) is 9.59 Å². The average Bonchev–Trinajstić information content (AvgIpc) is 3.22. The number of nitrogens with zero attached hydrogens (tertiary/aromatic N) is 2. The van der Waals surface area contributed by atoms with Crippen LogP contribution in [0.5, 0.6) is 5.88 Å². The van der Waals surface area contributed by atoms with Crippen LogP contribution < -0.4 is 9.64 Å². The number of carbonyl (C=O) groups is 2. The summed E-state index contributed by atoms with van der Waals surface area (Å²) < 4.78 is 5.36. The van der Waals surface area contributed by atoms with Crippen LogP contribution in [0.1, 0.15) is 41.6 Å². The second-order valence-electron chi connectivity index (χ2n) is 9.63. The third kappa shape index (κ3) is 5.07. The molecule has 1 heterocycles. The number of aryl methyl sites for hydroxylation is 1. The summed E-state index contributed by atoms with van der Waals surface area (Å²) in [5, 5.41) is 0.615. The van der Waals surface area contributed by atoms with Crippen LogP contribution in [0.25, 0.3) is 5.57 Å². The van der Waals surface area contributed by atoms with Crippen molar-refractivity contribution in [3.8, 4) is 5.88 Å². The van der Waals surface area contributed by atoms with E-state index >= 15 is 0 Å². The lowest BCUT2D eigenvalue weighted by Gasteiger charge is -2.24. The Morgan fingerprint density at radius 3 is 2.56 bits per heavy atom. The van der Waals surface area contributed by atoms with Crippen molar-refractivity contribution in [1.29, 1.82) is 0 Å². The molecule has 1 atom stereocenters. The van der Waals surface area contributed by atoms with Crippen molar-refractivity contribution in [3.05, 3.63) is 93.6 Å². The number of allylic oxidation sites excluding steroid dienone is 2.